The molecule has 0 aliphatic heterocycles. The van der Waals surface area contributed by atoms with Crippen molar-refractivity contribution in [1.29, 1.82) is 0 Å². The van der Waals surface area contributed by atoms with E-state index >= 15 is 0 Å². The SMILES string of the molecule is CCCCCCc1c(Br)nc2cnccn12. The van der Waals surface area contributed by atoms with Gasteiger partial charge in [-0.15, -0.1) is 0 Å². The second-order valence-corrected chi connectivity index (χ2v) is 4.72. The molecular weight excluding hydrogens is 266 g/mol. The Labute approximate surface area is 104 Å². The van der Waals surface area contributed by atoms with Crippen molar-refractivity contribution in [3.05, 3.63) is 28.9 Å². The molecule has 0 aliphatic rings. The van der Waals surface area contributed by atoms with Gasteiger partial charge in [-0.05, 0) is 28.8 Å². The molecule has 2 aromatic heterocycles. The lowest BCUT2D eigenvalue weighted by Crippen LogP contribution is -1.94. The van der Waals surface area contributed by atoms with Crippen molar-refractivity contribution in [3.63, 3.8) is 0 Å². The van der Waals surface area contributed by atoms with E-state index in [1.54, 1.807) is 12.4 Å². The van der Waals surface area contributed by atoms with Crippen molar-refractivity contribution in [3.8, 4) is 0 Å². The van der Waals surface area contributed by atoms with E-state index in [1.165, 1.54) is 31.4 Å². The Morgan fingerprint density at radius 1 is 1.31 bits per heavy atom. The molecule has 2 rings (SSSR count). The van der Waals surface area contributed by atoms with Gasteiger partial charge in [0, 0.05) is 12.4 Å². The quantitative estimate of drug-likeness (QED) is 0.784. The maximum atomic E-state index is 4.43. The molecule has 0 radical (unpaired) electrons. The lowest BCUT2D eigenvalue weighted by Gasteiger charge is -2.01. The molecule has 0 N–H and O–H groups in total. The zero-order valence-electron chi connectivity index (χ0n) is 9.49. The largest absolute Gasteiger partial charge is 0.300 e. The van der Waals surface area contributed by atoms with Crippen LogP contribution in [0.5, 0.6) is 0 Å². The summed E-state index contributed by atoms with van der Waals surface area (Å²) in [6.07, 6.45) is 11.8. The molecule has 3 nitrogen and oxygen atoms in total. The van der Waals surface area contributed by atoms with Crippen molar-refractivity contribution in [1.82, 2.24) is 14.4 Å². The number of aryl methyl sites for hydroxylation is 1. The fourth-order valence-corrected chi connectivity index (χ4v) is 2.44. The van der Waals surface area contributed by atoms with Crippen LogP contribution in [0.2, 0.25) is 0 Å². The van der Waals surface area contributed by atoms with Crippen LogP contribution in [-0.4, -0.2) is 14.4 Å². The normalized spacial score (nSPS) is 11.1. The van der Waals surface area contributed by atoms with Gasteiger partial charge in [-0.1, -0.05) is 26.2 Å². The topological polar surface area (TPSA) is 30.2 Å². The monoisotopic (exact) mass is 281 g/mol. The third-order valence-corrected chi connectivity index (χ3v) is 3.38. The van der Waals surface area contributed by atoms with Gasteiger partial charge in [0.1, 0.15) is 4.60 Å². The van der Waals surface area contributed by atoms with Crippen molar-refractivity contribution in [2.45, 2.75) is 39.0 Å². The fraction of sp³-hybridized carbons (Fsp3) is 0.500. The van der Waals surface area contributed by atoms with Gasteiger partial charge in [0.25, 0.3) is 0 Å². The van der Waals surface area contributed by atoms with Crippen LogP contribution in [0.25, 0.3) is 5.65 Å². The zero-order chi connectivity index (χ0) is 11.4. The van der Waals surface area contributed by atoms with E-state index in [0.717, 1.165) is 16.7 Å². The lowest BCUT2D eigenvalue weighted by molar-refractivity contribution is 0.657. The van der Waals surface area contributed by atoms with Crippen molar-refractivity contribution >= 4 is 21.6 Å². The summed E-state index contributed by atoms with van der Waals surface area (Å²) in [6, 6.07) is 0. The number of nitrogens with zero attached hydrogens (tertiary/aromatic N) is 3. The molecule has 0 fully saturated rings. The van der Waals surface area contributed by atoms with Gasteiger partial charge < -0.3 is 4.40 Å². The van der Waals surface area contributed by atoms with Gasteiger partial charge in [0.15, 0.2) is 5.65 Å². The van der Waals surface area contributed by atoms with Crippen LogP contribution in [0.1, 0.15) is 38.3 Å². The Morgan fingerprint density at radius 2 is 2.19 bits per heavy atom. The van der Waals surface area contributed by atoms with Crippen LogP contribution in [0.3, 0.4) is 0 Å². The van der Waals surface area contributed by atoms with Gasteiger partial charge in [0.05, 0.1) is 11.9 Å². The smallest absolute Gasteiger partial charge is 0.156 e. The number of unbranched alkanes of at least 4 members (excludes halogenated alkanes) is 3. The number of fused-ring (bicyclic) bond motifs is 1. The molecule has 2 heterocycles. The first-order chi connectivity index (χ1) is 7.83. The maximum absolute atomic E-state index is 4.43. The Balaban J connectivity index is 2.13. The standard InChI is InChI=1S/C12H16BrN3/c1-2-3-4-5-6-10-12(13)15-11-9-14-7-8-16(10)11/h7-9H,2-6H2,1H3. The number of aromatic nitrogens is 3. The number of imidazole rings is 1. The Bertz CT molecular complexity index is 464. The van der Waals surface area contributed by atoms with E-state index in [4.69, 9.17) is 0 Å². The summed E-state index contributed by atoms with van der Waals surface area (Å²) in [6.45, 7) is 2.23. The number of hydrogen-bond acceptors (Lipinski definition) is 2. The highest BCUT2D eigenvalue weighted by molar-refractivity contribution is 9.10. The highest BCUT2D eigenvalue weighted by Gasteiger charge is 2.08. The summed E-state index contributed by atoms with van der Waals surface area (Å²) in [5.74, 6) is 0. The van der Waals surface area contributed by atoms with Crippen LogP contribution >= 0.6 is 15.9 Å². The molecule has 0 spiro atoms. The first kappa shape index (κ1) is 11.6. The number of rotatable bonds is 5. The third kappa shape index (κ3) is 2.43. The van der Waals surface area contributed by atoms with E-state index in [2.05, 4.69) is 37.2 Å². The van der Waals surface area contributed by atoms with Crippen molar-refractivity contribution in [2.24, 2.45) is 0 Å². The molecule has 0 amide bonds. The van der Waals surface area contributed by atoms with Gasteiger partial charge in [-0.25, -0.2) is 4.98 Å². The molecule has 86 valence electrons. The molecule has 2 aromatic rings. The average molecular weight is 282 g/mol. The average Bonchev–Trinajstić information content (AvgIpc) is 2.61. The Morgan fingerprint density at radius 3 is 3.00 bits per heavy atom. The first-order valence-corrected chi connectivity index (χ1v) is 6.58. The molecule has 4 heteroatoms. The molecule has 0 saturated heterocycles. The summed E-state index contributed by atoms with van der Waals surface area (Å²) in [5, 5.41) is 0. The van der Waals surface area contributed by atoms with Crippen LogP contribution in [0, 0.1) is 0 Å². The van der Waals surface area contributed by atoms with Crippen LogP contribution in [-0.2, 0) is 6.42 Å². The highest BCUT2D eigenvalue weighted by atomic mass is 79.9. The third-order valence-electron chi connectivity index (χ3n) is 2.75. The van der Waals surface area contributed by atoms with Gasteiger partial charge >= 0.3 is 0 Å². The number of halogens is 1. The van der Waals surface area contributed by atoms with E-state index in [9.17, 15) is 0 Å². The maximum Gasteiger partial charge on any atom is 0.156 e. The van der Waals surface area contributed by atoms with Crippen LogP contribution in [0.4, 0.5) is 0 Å². The predicted molar refractivity (Wildman–Crippen MR) is 68.5 cm³/mol. The minimum atomic E-state index is 0.917. The Hall–Kier alpha value is -0.900. The summed E-state index contributed by atoms with van der Waals surface area (Å²) < 4.78 is 3.07. The molecule has 0 aliphatic carbocycles. The molecule has 0 unspecified atom stereocenters. The van der Waals surface area contributed by atoms with Gasteiger partial charge in [-0.2, -0.15) is 0 Å². The van der Waals surface area contributed by atoms with E-state index in [-0.39, 0.29) is 0 Å². The lowest BCUT2D eigenvalue weighted by atomic mass is 10.1. The van der Waals surface area contributed by atoms with E-state index in [0.29, 0.717) is 0 Å². The van der Waals surface area contributed by atoms with Crippen molar-refractivity contribution < 1.29 is 0 Å². The summed E-state index contributed by atoms with van der Waals surface area (Å²) in [5.41, 5.74) is 2.17. The van der Waals surface area contributed by atoms with Crippen molar-refractivity contribution in [2.75, 3.05) is 0 Å². The highest BCUT2D eigenvalue weighted by Crippen LogP contribution is 2.20. The molecular formula is C12H16BrN3. The zero-order valence-corrected chi connectivity index (χ0v) is 11.1. The summed E-state index contributed by atoms with van der Waals surface area (Å²) >= 11 is 3.52. The van der Waals surface area contributed by atoms with Gasteiger partial charge in [0.2, 0.25) is 0 Å². The minimum Gasteiger partial charge on any atom is -0.300 e. The van der Waals surface area contributed by atoms with E-state index in [1.807, 2.05) is 6.20 Å². The Kier molecular flexibility index (Phi) is 3.93. The molecule has 0 aromatic carbocycles. The fourth-order valence-electron chi connectivity index (χ4n) is 1.87. The van der Waals surface area contributed by atoms with Crippen LogP contribution in [0.15, 0.2) is 23.2 Å². The molecule has 0 atom stereocenters. The second kappa shape index (κ2) is 5.43. The van der Waals surface area contributed by atoms with E-state index < -0.39 is 0 Å². The molecule has 0 saturated carbocycles. The molecule has 0 bridgehead atoms. The second-order valence-electron chi connectivity index (χ2n) is 3.96. The molecule has 16 heavy (non-hydrogen) atoms. The summed E-state index contributed by atoms with van der Waals surface area (Å²) in [4.78, 5) is 8.50. The predicted octanol–water partition coefficient (Wildman–Crippen LogP) is 3.61. The summed E-state index contributed by atoms with van der Waals surface area (Å²) in [7, 11) is 0. The van der Waals surface area contributed by atoms with Gasteiger partial charge in [-0.3, -0.25) is 4.98 Å². The number of hydrogen-bond donors (Lipinski definition) is 0. The minimum absolute atomic E-state index is 0.917. The first-order valence-electron chi connectivity index (χ1n) is 5.79. The van der Waals surface area contributed by atoms with Crippen LogP contribution < -0.4 is 0 Å².